The van der Waals surface area contributed by atoms with Crippen LogP contribution in [0, 0.1) is 11.2 Å². The van der Waals surface area contributed by atoms with Gasteiger partial charge in [0.05, 0.1) is 26.7 Å². The molecule has 0 aliphatic carbocycles. The average Bonchev–Trinajstić information content (AvgIpc) is 3.04. The molecule has 1 unspecified atom stereocenters. The van der Waals surface area contributed by atoms with Crippen LogP contribution in [0.3, 0.4) is 0 Å². The number of carbonyl (C=O) groups is 1. The minimum absolute atomic E-state index is 0.00498. The van der Waals surface area contributed by atoms with E-state index in [4.69, 9.17) is 14.2 Å². The molecule has 162 valence electrons. The van der Waals surface area contributed by atoms with Crippen molar-refractivity contribution in [2.45, 2.75) is 25.8 Å². The van der Waals surface area contributed by atoms with Crippen molar-refractivity contribution in [1.82, 2.24) is 4.90 Å². The highest BCUT2D eigenvalue weighted by molar-refractivity contribution is 5.85. The van der Waals surface area contributed by atoms with Crippen molar-refractivity contribution in [3.05, 3.63) is 53.3 Å². The van der Waals surface area contributed by atoms with Gasteiger partial charge in [-0.25, -0.2) is 4.39 Å². The lowest BCUT2D eigenvalue weighted by Gasteiger charge is -2.28. The Morgan fingerprint density at radius 1 is 1.03 bits per heavy atom. The molecule has 0 saturated carbocycles. The summed E-state index contributed by atoms with van der Waals surface area (Å²) in [6.07, 6.45) is 1.47. The van der Waals surface area contributed by atoms with Gasteiger partial charge in [-0.15, -0.1) is 0 Å². The molecule has 0 spiro atoms. The first-order valence-electron chi connectivity index (χ1n) is 9.90. The highest BCUT2D eigenvalue weighted by atomic mass is 19.1. The molecule has 30 heavy (non-hydrogen) atoms. The predicted octanol–water partition coefficient (Wildman–Crippen LogP) is 3.20. The van der Waals surface area contributed by atoms with E-state index in [0.29, 0.717) is 49.6 Å². The van der Waals surface area contributed by atoms with Crippen molar-refractivity contribution in [1.29, 1.82) is 0 Å². The van der Waals surface area contributed by atoms with E-state index in [0.717, 1.165) is 11.1 Å². The van der Waals surface area contributed by atoms with E-state index in [1.54, 1.807) is 38.4 Å². The molecular weight excluding hydrogens is 389 g/mol. The summed E-state index contributed by atoms with van der Waals surface area (Å²) < 4.78 is 29.4. The maximum absolute atomic E-state index is 13.4. The van der Waals surface area contributed by atoms with Crippen LogP contribution in [0.4, 0.5) is 4.39 Å². The van der Waals surface area contributed by atoms with Crippen molar-refractivity contribution in [2.75, 3.05) is 34.5 Å². The van der Waals surface area contributed by atoms with Gasteiger partial charge in [0, 0.05) is 19.7 Å². The Bertz CT molecular complexity index is 861. The first-order chi connectivity index (χ1) is 14.5. The molecule has 1 N–H and O–H groups in total. The van der Waals surface area contributed by atoms with Gasteiger partial charge in [0.2, 0.25) is 11.7 Å². The second kappa shape index (κ2) is 9.34. The zero-order valence-corrected chi connectivity index (χ0v) is 17.6. The fourth-order valence-electron chi connectivity index (χ4n) is 4.18. The number of methoxy groups -OCH3 is 3. The smallest absolute Gasteiger partial charge is 0.229 e. The van der Waals surface area contributed by atoms with Gasteiger partial charge in [-0.2, -0.15) is 0 Å². The van der Waals surface area contributed by atoms with Crippen LogP contribution >= 0.6 is 0 Å². The summed E-state index contributed by atoms with van der Waals surface area (Å²) >= 11 is 0. The van der Waals surface area contributed by atoms with Gasteiger partial charge in [-0.1, -0.05) is 12.1 Å². The lowest BCUT2D eigenvalue weighted by Crippen LogP contribution is -2.36. The van der Waals surface area contributed by atoms with Crippen LogP contribution < -0.4 is 14.2 Å². The number of aliphatic hydroxyl groups is 1. The lowest BCUT2D eigenvalue weighted by atomic mass is 9.77. The first-order valence-corrected chi connectivity index (χ1v) is 9.90. The fraction of sp³-hybridized carbons (Fsp3) is 0.435. The van der Waals surface area contributed by atoms with Gasteiger partial charge < -0.3 is 24.2 Å². The van der Waals surface area contributed by atoms with E-state index in [-0.39, 0.29) is 18.3 Å². The third kappa shape index (κ3) is 4.36. The third-order valence-electron chi connectivity index (χ3n) is 5.75. The molecule has 1 heterocycles. The molecule has 1 saturated heterocycles. The minimum Gasteiger partial charge on any atom is -0.493 e. The molecule has 0 bridgehead atoms. The number of ether oxygens (including phenoxy) is 3. The fourth-order valence-corrected chi connectivity index (χ4v) is 4.18. The van der Waals surface area contributed by atoms with Crippen LogP contribution in [-0.4, -0.2) is 50.4 Å². The van der Waals surface area contributed by atoms with Gasteiger partial charge in [0.1, 0.15) is 5.82 Å². The average molecular weight is 417 g/mol. The number of halogens is 1. The maximum Gasteiger partial charge on any atom is 0.229 e. The number of benzene rings is 2. The third-order valence-corrected chi connectivity index (χ3v) is 5.75. The molecule has 7 heteroatoms. The van der Waals surface area contributed by atoms with Crippen molar-refractivity contribution >= 4 is 5.91 Å². The van der Waals surface area contributed by atoms with Gasteiger partial charge in [-0.05, 0) is 54.7 Å². The highest BCUT2D eigenvalue weighted by Crippen LogP contribution is 2.41. The predicted molar refractivity (Wildman–Crippen MR) is 110 cm³/mol. The molecule has 2 aromatic carbocycles. The molecule has 1 aliphatic rings. The second-order valence-electron chi connectivity index (χ2n) is 7.57. The van der Waals surface area contributed by atoms with Gasteiger partial charge in [0.25, 0.3) is 0 Å². The summed E-state index contributed by atoms with van der Waals surface area (Å²) in [7, 11) is 4.65. The monoisotopic (exact) mass is 417 g/mol. The molecule has 1 amide bonds. The summed E-state index contributed by atoms with van der Waals surface area (Å²) in [6.45, 7) is 0.897. The zero-order valence-electron chi connectivity index (χ0n) is 17.6. The Kier molecular flexibility index (Phi) is 6.82. The molecule has 1 atom stereocenters. The van der Waals surface area contributed by atoms with Gasteiger partial charge >= 0.3 is 0 Å². The summed E-state index contributed by atoms with van der Waals surface area (Å²) in [6, 6.07) is 9.86. The summed E-state index contributed by atoms with van der Waals surface area (Å²) in [5, 5.41) is 9.62. The number of amides is 1. The lowest BCUT2D eigenvalue weighted by molar-refractivity contribution is -0.137. The van der Waals surface area contributed by atoms with E-state index >= 15 is 0 Å². The molecule has 1 fully saturated rings. The van der Waals surface area contributed by atoms with Crippen molar-refractivity contribution in [2.24, 2.45) is 5.41 Å². The van der Waals surface area contributed by atoms with E-state index in [2.05, 4.69) is 0 Å². The normalized spacial score (nSPS) is 18.6. The highest BCUT2D eigenvalue weighted by Gasteiger charge is 2.46. The molecule has 0 aromatic heterocycles. The number of rotatable bonds is 9. The van der Waals surface area contributed by atoms with Crippen LogP contribution in [-0.2, 0) is 17.8 Å². The van der Waals surface area contributed by atoms with Crippen molar-refractivity contribution in [3.8, 4) is 17.2 Å². The van der Waals surface area contributed by atoms with E-state index in [1.165, 1.54) is 12.1 Å². The quantitative estimate of drug-likeness (QED) is 0.679. The number of hydrogen-bond donors (Lipinski definition) is 1. The van der Waals surface area contributed by atoms with Crippen LogP contribution in [0.25, 0.3) is 0 Å². The van der Waals surface area contributed by atoms with Gasteiger partial charge in [-0.3, -0.25) is 4.79 Å². The SMILES string of the molecule is COc1cc(CN2CCC(CCO)(Cc3ccc(F)cc3)C2=O)cc(OC)c1OC. The number of aliphatic hydroxyl groups excluding tert-OH is 1. The zero-order chi connectivity index (χ0) is 21.7. The van der Waals surface area contributed by atoms with E-state index in [9.17, 15) is 14.3 Å². The second-order valence-corrected chi connectivity index (χ2v) is 7.57. The summed E-state index contributed by atoms with van der Waals surface area (Å²) in [5.41, 5.74) is 1.06. The Hall–Kier alpha value is -2.80. The Morgan fingerprint density at radius 3 is 2.20 bits per heavy atom. The van der Waals surface area contributed by atoms with Gasteiger partial charge in [0.15, 0.2) is 11.5 Å². The summed E-state index contributed by atoms with van der Waals surface area (Å²) in [5.74, 6) is 1.26. The Balaban J connectivity index is 1.83. The molecule has 6 nitrogen and oxygen atoms in total. The number of hydrogen-bond acceptors (Lipinski definition) is 5. The van der Waals surface area contributed by atoms with Crippen LogP contribution in [0.15, 0.2) is 36.4 Å². The number of nitrogens with zero attached hydrogens (tertiary/aromatic N) is 1. The van der Waals surface area contributed by atoms with Crippen LogP contribution in [0.2, 0.25) is 0 Å². The number of likely N-dealkylation sites (tertiary alicyclic amines) is 1. The molecule has 3 rings (SSSR count). The topological polar surface area (TPSA) is 68.2 Å². The number of carbonyl (C=O) groups excluding carboxylic acids is 1. The molecule has 2 aromatic rings. The van der Waals surface area contributed by atoms with Crippen LogP contribution in [0.1, 0.15) is 24.0 Å². The maximum atomic E-state index is 13.4. The molecule has 1 aliphatic heterocycles. The standard InChI is InChI=1S/C23H28FNO5/c1-28-19-12-17(13-20(29-2)21(19)30-3)15-25-10-8-23(9-11-26,22(25)27)14-16-4-6-18(24)7-5-16/h4-7,12-13,26H,8-11,14-15H2,1-3H3. The first kappa shape index (κ1) is 21.9. The summed E-state index contributed by atoms with van der Waals surface area (Å²) in [4.78, 5) is 15.2. The Morgan fingerprint density at radius 2 is 1.67 bits per heavy atom. The van der Waals surface area contributed by atoms with Crippen LogP contribution in [0.5, 0.6) is 17.2 Å². The molecule has 0 radical (unpaired) electrons. The van der Waals surface area contributed by atoms with Crippen molar-refractivity contribution < 1.29 is 28.5 Å². The Labute approximate surface area is 176 Å². The van der Waals surface area contributed by atoms with E-state index < -0.39 is 5.41 Å². The minimum atomic E-state index is -0.687. The van der Waals surface area contributed by atoms with Crippen molar-refractivity contribution in [3.63, 3.8) is 0 Å². The largest absolute Gasteiger partial charge is 0.493 e. The molecular formula is C23H28FNO5. The van der Waals surface area contributed by atoms with E-state index in [1.807, 2.05) is 12.1 Å².